The largest absolute Gasteiger partial charge is 0.323 e. The van der Waals surface area contributed by atoms with Gasteiger partial charge in [-0.2, -0.15) is 8.42 Å². The molecule has 192 valence electrons. The molecule has 0 atom stereocenters. The van der Waals surface area contributed by atoms with Crippen molar-refractivity contribution in [1.82, 2.24) is 5.32 Å². The number of unbranched alkanes of at least 4 members (excludes halogenated alkanes) is 14. The van der Waals surface area contributed by atoms with Crippen molar-refractivity contribution in [3.63, 3.8) is 0 Å². The van der Waals surface area contributed by atoms with Crippen LogP contribution in [0.3, 0.4) is 0 Å². The number of carbonyl (C=O) groups excluding carboxylic acids is 1. The molecule has 1 aromatic rings. The van der Waals surface area contributed by atoms with Crippen molar-refractivity contribution in [2.45, 2.75) is 121 Å². The third kappa shape index (κ3) is 16.1. The Morgan fingerprint density at radius 3 is 1.58 bits per heavy atom. The first kappa shape index (κ1) is 31.8. The van der Waals surface area contributed by atoms with E-state index in [1.807, 2.05) is 14.1 Å². The van der Waals surface area contributed by atoms with Gasteiger partial charge in [0.25, 0.3) is 10.1 Å². The first-order valence-corrected chi connectivity index (χ1v) is 14.4. The summed E-state index contributed by atoms with van der Waals surface area (Å²) in [6.45, 7) is 3.85. The summed E-state index contributed by atoms with van der Waals surface area (Å²) in [5.74, 6) is -0.207. The van der Waals surface area contributed by atoms with Crippen molar-refractivity contribution in [2.24, 2.45) is 0 Å². The summed E-state index contributed by atoms with van der Waals surface area (Å²) in [6.07, 6.45) is 19.3. The lowest BCUT2D eigenvalue weighted by Gasteiger charge is -2.09. The van der Waals surface area contributed by atoms with Crippen LogP contribution in [0, 0.1) is 6.92 Å². The predicted octanol–water partition coefficient (Wildman–Crippen LogP) is 7.52. The second-order valence-electron chi connectivity index (χ2n) is 9.05. The normalized spacial score (nSPS) is 11.2. The molecule has 0 unspecified atom stereocenters. The summed E-state index contributed by atoms with van der Waals surface area (Å²) in [5, 5.41) is 2.75. The van der Waals surface area contributed by atoms with Crippen LogP contribution in [0.25, 0.3) is 0 Å². The van der Waals surface area contributed by atoms with Crippen molar-refractivity contribution in [2.75, 3.05) is 14.1 Å². The lowest BCUT2D eigenvalue weighted by atomic mass is 10.0. The predicted molar refractivity (Wildman–Crippen MR) is 140 cm³/mol. The maximum Gasteiger partial charge on any atom is 0.295 e. The minimum absolute atomic E-state index is 0.114. The van der Waals surface area contributed by atoms with Crippen LogP contribution in [0.15, 0.2) is 23.1 Å². The number of ketones is 1. The van der Waals surface area contributed by atoms with Crippen LogP contribution in [0.2, 0.25) is 0 Å². The SMILES string of the molecule is CCCCCCCCCCCCCCCCCC(=O)c1cccc(C)c1S(=O)(=O)O.CNC. The molecule has 0 aliphatic carbocycles. The van der Waals surface area contributed by atoms with E-state index in [2.05, 4.69) is 12.2 Å². The van der Waals surface area contributed by atoms with E-state index in [4.69, 9.17) is 0 Å². The van der Waals surface area contributed by atoms with Crippen LogP contribution in [0.4, 0.5) is 0 Å². The van der Waals surface area contributed by atoms with Gasteiger partial charge in [-0.1, -0.05) is 109 Å². The molecule has 1 aromatic carbocycles. The Morgan fingerprint density at radius 2 is 1.18 bits per heavy atom. The lowest BCUT2D eigenvalue weighted by molar-refractivity contribution is 0.0975. The molecule has 5 nitrogen and oxygen atoms in total. The van der Waals surface area contributed by atoms with Gasteiger partial charge in [0.2, 0.25) is 0 Å². The minimum atomic E-state index is -4.39. The Balaban J connectivity index is 0.00000322. The van der Waals surface area contributed by atoms with Gasteiger partial charge < -0.3 is 5.32 Å². The second kappa shape index (κ2) is 20.2. The van der Waals surface area contributed by atoms with Gasteiger partial charge in [-0.05, 0) is 39.1 Å². The highest BCUT2D eigenvalue weighted by atomic mass is 32.2. The Labute approximate surface area is 203 Å². The highest BCUT2D eigenvalue weighted by Crippen LogP contribution is 2.22. The summed E-state index contributed by atoms with van der Waals surface area (Å²) in [5.41, 5.74) is 0.516. The number of benzene rings is 1. The number of Topliss-reactive ketones (excluding diaryl/α,β-unsaturated/α-hetero) is 1. The average Bonchev–Trinajstić information content (AvgIpc) is 2.75. The van der Waals surface area contributed by atoms with Crippen molar-refractivity contribution in [3.05, 3.63) is 29.3 Å². The zero-order valence-electron chi connectivity index (χ0n) is 21.6. The first-order valence-electron chi connectivity index (χ1n) is 13.0. The molecule has 0 radical (unpaired) electrons. The van der Waals surface area contributed by atoms with Gasteiger partial charge in [0.05, 0.1) is 0 Å². The van der Waals surface area contributed by atoms with Gasteiger partial charge in [-0.3, -0.25) is 9.35 Å². The van der Waals surface area contributed by atoms with Gasteiger partial charge in [-0.25, -0.2) is 0 Å². The minimum Gasteiger partial charge on any atom is -0.323 e. The van der Waals surface area contributed by atoms with Crippen molar-refractivity contribution in [1.29, 1.82) is 0 Å². The summed E-state index contributed by atoms with van der Waals surface area (Å²) in [4.78, 5) is 12.2. The Kier molecular flexibility index (Phi) is 19.4. The fourth-order valence-electron chi connectivity index (χ4n) is 4.01. The number of hydrogen-bond donors (Lipinski definition) is 2. The molecule has 0 aliphatic heterocycles. The molecule has 0 saturated heterocycles. The van der Waals surface area contributed by atoms with E-state index < -0.39 is 10.1 Å². The number of rotatable bonds is 18. The highest BCUT2D eigenvalue weighted by Gasteiger charge is 2.22. The summed E-state index contributed by atoms with van der Waals surface area (Å²) in [6, 6.07) is 4.74. The Hall–Kier alpha value is -1.24. The van der Waals surface area contributed by atoms with E-state index in [1.54, 1.807) is 19.1 Å². The molecule has 33 heavy (non-hydrogen) atoms. The molecule has 0 heterocycles. The third-order valence-electron chi connectivity index (χ3n) is 5.78. The number of nitrogens with one attached hydrogen (secondary N) is 1. The van der Waals surface area contributed by atoms with Crippen molar-refractivity contribution < 1.29 is 17.8 Å². The Bertz CT molecular complexity index is 732. The first-order chi connectivity index (χ1) is 15.8. The van der Waals surface area contributed by atoms with Gasteiger partial charge in [0, 0.05) is 12.0 Å². The van der Waals surface area contributed by atoms with Gasteiger partial charge in [-0.15, -0.1) is 0 Å². The van der Waals surface area contributed by atoms with Crippen LogP contribution in [0.5, 0.6) is 0 Å². The summed E-state index contributed by atoms with van der Waals surface area (Å²) in [7, 11) is -0.640. The quantitative estimate of drug-likeness (QED) is 0.128. The van der Waals surface area contributed by atoms with E-state index in [0.29, 0.717) is 12.0 Å². The molecule has 6 heteroatoms. The summed E-state index contributed by atoms with van der Waals surface area (Å²) < 4.78 is 32.6. The monoisotopic (exact) mass is 483 g/mol. The van der Waals surface area contributed by atoms with E-state index in [0.717, 1.165) is 19.3 Å². The summed E-state index contributed by atoms with van der Waals surface area (Å²) >= 11 is 0. The average molecular weight is 484 g/mol. The van der Waals surface area contributed by atoms with Crippen LogP contribution in [-0.4, -0.2) is 32.8 Å². The topological polar surface area (TPSA) is 83.5 Å². The van der Waals surface area contributed by atoms with Crippen LogP contribution in [0.1, 0.15) is 126 Å². The number of hydrogen-bond acceptors (Lipinski definition) is 4. The van der Waals surface area contributed by atoms with Gasteiger partial charge >= 0.3 is 0 Å². The highest BCUT2D eigenvalue weighted by molar-refractivity contribution is 7.86. The van der Waals surface area contributed by atoms with Crippen LogP contribution in [-0.2, 0) is 10.1 Å². The number of aryl methyl sites for hydroxylation is 1. The molecule has 2 N–H and O–H groups in total. The zero-order valence-corrected chi connectivity index (χ0v) is 22.4. The van der Waals surface area contributed by atoms with Gasteiger partial charge in [0.15, 0.2) is 5.78 Å². The van der Waals surface area contributed by atoms with E-state index in [9.17, 15) is 17.8 Å². The zero-order chi connectivity index (χ0) is 25.0. The molecule has 0 amide bonds. The second-order valence-corrected chi connectivity index (χ2v) is 10.4. The maximum atomic E-state index is 12.4. The molecule has 0 bridgehead atoms. The molecule has 0 aliphatic rings. The molecule has 1 rings (SSSR count). The molecule has 0 spiro atoms. The molecule has 0 aromatic heterocycles. The van der Waals surface area contributed by atoms with Crippen molar-refractivity contribution in [3.8, 4) is 0 Å². The number of carbonyl (C=O) groups is 1. The van der Waals surface area contributed by atoms with E-state index >= 15 is 0 Å². The fourth-order valence-corrected chi connectivity index (χ4v) is 4.94. The molecule has 0 saturated carbocycles. The fraction of sp³-hybridized carbons (Fsp3) is 0.741. The molecule has 0 fully saturated rings. The maximum absolute atomic E-state index is 12.4. The molecular formula is C27H49NO4S. The van der Waals surface area contributed by atoms with Crippen LogP contribution >= 0.6 is 0 Å². The Morgan fingerprint density at radius 1 is 0.788 bits per heavy atom. The van der Waals surface area contributed by atoms with Crippen molar-refractivity contribution >= 4 is 15.9 Å². The third-order valence-corrected chi connectivity index (χ3v) is 6.84. The standard InChI is InChI=1S/C25H42O4S.C2H7N/c1-3-4-5-6-7-8-9-10-11-12-13-14-15-16-17-21-24(26)23-20-18-19-22(2)25(23)30(27,28)29;1-3-2/h18-20H,3-17,21H2,1-2H3,(H,27,28,29);3H,1-2H3. The smallest absolute Gasteiger partial charge is 0.295 e. The molecular weight excluding hydrogens is 434 g/mol. The van der Waals surface area contributed by atoms with Gasteiger partial charge in [0.1, 0.15) is 4.90 Å². The lowest BCUT2D eigenvalue weighted by Crippen LogP contribution is -2.10. The van der Waals surface area contributed by atoms with E-state index in [-0.39, 0.29) is 16.2 Å². The van der Waals surface area contributed by atoms with E-state index in [1.165, 1.54) is 83.1 Å². The van der Waals surface area contributed by atoms with Crippen LogP contribution < -0.4 is 5.32 Å².